The largest absolute Gasteiger partial charge is 0.365 e. The van der Waals surface area contributed by atoms with Gasteiger partial charge in [-0.15, -0.1) is 0 Å². The lowest BCUT2D eigenvalue weighted by atomic mass is 9.79. The van der Waals surface area contributed by atoms with Gasteiger partial charge >= 0.3 is 0 Å². The lowest BCUT2D eigenvalue weighted by molar-refractivity contribution is 0.0218. The second-order valence-corrected chi connectivity index (χ2v) is 6.42. The number of aromatic nitrogens is 1. The lowest BCUT2D eigenvalue weighted by Crippen LogP contribution is -2.62. The van der Waals surface area contributed by atoms with Gasteiger partial charge in [0, 0.05) is 19.1 Å². The van der Waals surface area contributed by atoms with Crippen molar-refractivity contribution in [1.82, 2.24) is 15.2 Å². The molecule has 19 heavy (non-hydrogen) atoms. The molecule has 0 aliphatic carbocycles. The molecule has 6 heteroatoms. The van der Waals surface area contributed by atoms with Crippen LogP contribution in [0.4, 0.5) is 5.13 Å². The van der Waals surface area contributed by atoms with Crippen LogP contribution in [0.15, 0.2) is 6.20 Å². The summed E-state index contributed by atoms with van der Waals surface area (Å²) in [4.78, 5) is 19.6. The fraction of sp³-hybridized carbons (Fsp3) is 0.692. The highest BCUT2D eigenvalue weighted by molar-refractivity contribution is 7.17. The molecular weight excluding hydrogens is 260 g/mol. The van der Waals surface area contributed by atoms with E-state index in [2.05, 4.69) is 27.4 Å². The summed E-state index contributed by atoms with van der Waals surface area (Å²) in [6.07, 6.45) is 4.07. The van der Waals surface area contributed by atoms with E-state index in [0.29, 0.717) is 16.8 Å². The van der Waals surface area contributed by atoms with E-state index in [4.69, 9.17) is 0 Å². The summed E-state index contributed by atoms with van der Waals surface area (Å²) < 4.78 is 0. The fourth-order valence-corrected chi connectivity index (χ4v) is 3.94. The summed E-state index contributed by atoms with van der Waals surface area (Å²) >= 11 is 1.40. The van der Waals surface area contributed by atoms with E-state index in [-0.39, 0.29) is 11.9 Å². The number of piperidine rings is 3. The van der Waals surface area contributed by atoms with E-state index in [1.165, 1.54) is 37.3 Å². The van der Waals surface area contributed by atoms with E-state index in [9.17, 15) is 4.79 Å². The fourth-order valence-electron chi connectivity index (χ4n) is 3.26. The van der Waals surface area contributed by atoms with Crippen LogP contribution in [0.1, 0.15) is 29.4 Å². The number of anilines is 1. The highest BCUT2D eigenvalue weighted by atomic mass is 32.1. The van der Waals surface area contributed by atoms with Crippen LogP contribution in [0.5, 0.6) is 0 Å². The Kier molecular flexibility index (Phi) is 3.45. The van der Waals surface area contributed by atoms with Gasteiger partial charge in [0.25, 0.3) is 5.91 Å². The number of fused-ring (bicyclic) bond motifs is 3. The topological polar surface area (TPSA) is 57.3 Å². The van der Waals surface area contributed by atoms with Crippen LogP contribution in [-0.2, 0) is 0 Å². The molecule has 3 aliphatic rings. The predicted molar refractivity (Wildman–Crippen MR) is 76.7 cm³/mol. The van der Waals surface area contributed by atoms with Crippen LogP contribution in [0.3, 0.4) is 0 Å². The Morgan fingerprint density at radius 3 is 2.79 bits per heavy atom. The SMILES string of the molecule is CNc1ncc(C(=O)N[C@@H]2C3CCN(CC3)[C@H]2C)s1. The van der Waals surface area contributed by atoms with Crippen molar-refractivity contribution in [1.29, 1.82) is 0 Å². The smallest absolute Gasteiger partial charge is 0.263 e. The van der Waals surface area contributed by atoms with E-state index < -0.39 is 0 Å². The minimum absolute atomic E-state index is 0.0181. The average molecular weight is 280 g/mol. The van der Waals surface area contributed by atoms with E-state index in [1.54, 1.807) is 6.20 Å². The maximum absolute atomic E-state index is 12.3. The number of amides is 1. The molecule has 2 atom stereocenters. The van der Waals surface area contributed by atoms with Gasteiger partial charge in [0.05, 0.1) is 6.20 Å². The number of carbonyl (C=O) groups excluding carboxylic acids is 1. The molecule has 0 saturated carbocycles. The molecule has 0 unspecified atom stereocenters. The van der Waals surface area contributed by atoms with Crippen molar-refractivity contribution < 1.29 is 4.79 Å². The van der Waals surface area contributed by atoms with Gasteiger partial charge < -0.3 is 10.6 Å². The summed E-state index contributed by atoms with van der Waals surface area (Å²) in [5, 5.41) is 6.96. The zero-order chi connectivity index (χ0) is 13.4. The summed E-state index contributed by atoms with van der Waals surface area (Å²) in [5.74, 6) is 0.658. The van der Waals surface area contributed by atoms with Crippen molar-refractivity contribution in [2.24, 2.45) is 5.92 Å². The normalized spacial score (nSPS) is 33.2. The van der Waals surface area contributed by atoms with Gasteiger partial charge in [0.15, 0.2) is 5.13 Å². The monoisotopic (exact) mass is 280 g/mol. The predicted octanol–water partition coefficient (Wildman–Crippen LogP) is 1.40. The van der Waals surface area contributed by atoms with E-state index >= 15 is 0 Å². The minimum Gasteiger partial charge on any atom is -0.365 e. The Balaban J connectivity index is 1.69. The van der Waals surface area contributed by atoms with Crippen molar-refractivity contribution in [3.63, 3.8) is 0 Å². The number of thiazole rings is 1. The summed E-state index contributed by atoms with van der Waals surface area (Å²) in [7, 11) is 1.82. The molecule has 1 aromatic rings. The lowest BCUT2D eigenvalue weighted by Gasteiger charge is -2.49. The molecule has 4 rings (SSSR count). The van der Waals surface area contributed by atoms with Crippen LogP contribution in [-0.4, -0.2) is 48.0 Å². The van der Waals surface area contributed by atoms with Gasteiger partial charge in [0.1, 0.15) is 4.88 Å². The number of rotatable bonds is 3. The van der Waals surface area contributed by atoms with Gasteiger partial charge in [-0.2, -0.15) is 0 Å². The van der Waals surface area contributed by atoms with Gasteiger partial charge in [-0.05, 0) is 38.8 Å². The van der Waals surface area contributed by atoms with Crippen molar-refractivity contribution in [3.05, 3.63) is 11.1 Å². The Morgan fingerprint density at radius 2 is 2.21 bits per heavy atom. The number of hydrogen-bond acceptors (Lipinski definition) is 5. The molecule has 5 nitrogen and oxygen atoms in total. The van der Waals surface area contributed by atoms with Crippen LogP contribution in [0, 0.1) is 5.92 Å². The molecule has 0 radical (unpaired) electrons. The van der Waals surface area contributed by atoms with Crippen molar-refractivity contribution in [3.8, 4) is 0 Å². The highest BCUT2D eigenvalue weighted by Crippen LogP contribution is 2.32. The second kappa shape index (κ2) is 5.09. The molecule has 1 amide bonds. The molecule has 0 aromatic carbocycles. The molecule has 2 N–H and O–H groups in total. The number of hydrogen-bond donors (Lipinski definition) is 2. The molecule has 2 bridgehead atoms. The van der Waals surface area contributed by atoms with Gasteiger partial charge in [-0.25, -0.2) is 4.98 Å². The third-order valence-electron chi connectivity index (χ3n) is 4.42. The summed E-state index contributed by atoms with van der Waals surface area (Å²) in [6, 6.07) is 0.739. The van der Waals surface area contributed by atoms with Crippen LogP contribution >= 0.6 is 11.3 Å². The van der Waals surface area contributed by atoms with Crippen molar-refractivity contribution in [2.45, 2.75) is 31.8 Å². The Labute approximate surface area is 117 Å². The zero-order valence-electron chi connectivity index (χ0n) is 11.3. The average Bonchev–Trinajstić information content (AvgIpc) is 2.92. The Hall–Kier alpha value is -1.14. The maximum Gasteiger partial charge on any atom is 0.263 e. The zero-order valence-corrected chi connectivity index (χ0v) is 12.2. The molecule has 3 fully saturated rings. The number of nitrogens with zero attached hydrogens (tertiary/aromatic N) is 2. The quantitative estimate of drug-likeness (QED) is 0.878. The molecule has 0 spiro atoms. The highest BCUT2D eigenvalue weighted by Gasteiger charge is 2.40. The Morgan fingerprint density at radius 1 is 1.47 bits per heavy atom. The third-order valence-corrected chi connectivity index (χ3v) is 5.43. The molecule has 4 heterocycles. The van der Waals surface area contributed by atoms with Gasteiger partial charge in [0.2, 0.25) is 0 Å². The summed E-state index contributed by atoms with van der Waals surface area (Å²) in [5.41, 5.74) is 0. The molecule has 3 aliphatic heterocycles. The van der Waals surface area contributed by atoms with Crippen LogP contribution in [0.25, 0.3) is 0 Å². The molecule has 1 aromatic heterocycles. The van der Waals surface area contributed by atoms with Gasteiger partial charge in [-0.1, -0.05) is 11.3 Å². The van der Waals surface area contributed by atoms with Crippen LogP contribution < -0.4 is 10.6 Å². The number of carbonyl (C=O) groups is 1. The Bertz CT molecular complexity index is 465. The van der Waals surface area contributed by atoms with E-state index in [0.717, 1.165) is 5.13 Å². The minimum atomic E-state index is 0.0181. The maximum atomic E-state index is 12.3. The standard InChI is InChI=1S/C13H20N4OS/c1-8-11(9-3-5-17(8)6-4-9)16-12(18)10-7-15-13(14-2)19-10/h7-9,11H,3-6H2,1-2H3,(H,14,15)(H,16,18)/t8-,11-/m0/s1. The van der Waals surface area contributed by atoms with Crippen molar-refractivity contribution in [2.75, 3.05) is 25.5 Å². The first-order chi connectivity index (χ1) is 9.19. The molecule has 104 valence electrons. The summed E-state index contributed by atoms with van der Waals surface area (Å²) in [6.45, 7) is 4.59. The van der Waals surface area contributed by atoms with Crippen molar-refractivity contribution >= 4 is 22.4 Å². The molecular formula is C13H20N4OS. The first kappa shape index (κ1) is 12.9. The van der Waals surface area contributed by atoms with Crippen LogP contribution in [0.2, 0.25) is 0 Å². The van der Waals surface area contributed by atoms with Gasteiger partial charge in [-0.3, -0.25) is 9.69 Å². The number of nitrogens with one attached hydrogen (secondary N) is 2. The second-order valence-electron chi connectivity index (χ2n) is 5.39. The third kappa shape index (κ3) is 2.34. The first-order valence-electron chi connectivity index (χ1n) is 6.87. The van der Waals surface area contributed by atoms with E-state index in [1.807, 2.05) is 7.05 Å². The first-order valence-corrected chi connectivity index (χ1v) is 7.69. The molecule has 3 saturated heterocycles.